The molecule has 4 aromatic rings. The second-order valence-corrected chi connectivity index (χ2v) is 7.74. The van der Waals surface area contributed by atoms with Gasteiger partial charge in [0.15, 0.2) is 0 Å². The number of aromatic carboxylic acids is 1. The molecule has 0 aromatic heterocycles. The van der Waals surface area contributed by atoms with Crippen LogP contribution in [0.15, 0.2) is 78.9 Å². The van der Waals surface area contributed by atoms with E-state index in [-0.39, 0.29) is 5.56 Å². The third-order valence-electron chi connectivity index (χ3n) is 5.27. The second kappa shape index (κ2) is 9.11. The highest BCUT2D eigenvalue weighted by Gasteiger charge is 2.12. The summed E-state index contributed by atoms with van der Waals surface area (Å²) in [5.41, 5.74) is 3.99. The first-order valence-electron chi connectivity index (χ1n) is 9.97. The summed E-state index contributed by atoms with van der Waals surface area (Å²) in [5.74, 6) is -0.148. The SMILES string of the molecule is Cc1cc(C(=O)O)ccc1NCc1c(OCc2ccccc2Cl)ccc2ccccc12. The molecule has 0 aliphatic heterocycles. The number of carboxylic acids is 1. The summed E-state index contributed by atoms with van der Waals surface area (Å²) in [4.78, 5) is 11.2. The first-order valence-corrected chi connectivity index (χ1v) is 10.4. The maximum Gasteiger partial charge on any atom is 0.335 e. The molecule has 0 aliphatic carbocycles. The van der Waals surface area contributed by atoms with Crippen LogP contribution >= 0.6 is 11.6 Å². The summed E-state index contributed by atoms with van der Waals surface area (Å²) >= 11 is 6.28. The number of ether oxygens (including phenoxy) is 1. The maximum absolute atomic E-state index is 11.2. The lowest BCUT2D eigenvalue weighted by atomic mass is 10.0. The van der Waals surface area contributed by atoms with Gasteiger partial charge in [-0.1, -0.05) is 60.1 Å². The number of anilines is 1. The summed E-state index contributed by atoms with van der Waals surface area (Å²) in [7, 11) is 0. The van der Waals surface area contributed by atoms with E-state index >= 15 is 0 Å². The molecule has 0 spiro atoms. The molecule has 0 amide bonds. The maximum atomic E-state index is 11.2. The lowest BCUT2D eigenvalue weighted by Crippen LogP contribution is -2.06. The molecule has 4 nitrogen and oxygen atoms in total. The average Bonchev–Trinajstić information content (AvgIpc) is 2.78. The predicted molar refractivity (Wildman–Crippen MR) is 125 cm³/mol. The molecular formula is C26H22ClNO3. The van der Waals surface area contributed by atoms with E-state index in [4.69, 9.17) is 16.3 Å². The van der Waals surface area contributed by atoms with Crippen LogP contribution in [0.1, 0.15) is 27.0 Å². The van der Waals surface area contributed by atoms with Crippen LogP contribution in [0.25, 0.3) is 10.8 Å². The minimum Gasteiger partial charge on any atom is -0.488 e. The van der Waals surface area contributed by atoms with Gasteiger partial charge in [-0.15, -0.1) is 0 Å². The second-order valence-electron chi connectivity index (χ2n) is 7.33. The summed E-state index contributed by atoms with van der Waals surface area (Å²) in [5, 5.41) is 15.5. The first-order chi connectivity index (χ1) is 15.0. The molecule has 4 rings (SSSR count). The van der Waals surface area contributed by atoms with Crippen LogP contribution in [-0.2, 0) is 13.2 Å². The van der Waals surface area contributed by atoms with Crippen molar-refractivity contribution in [3.05, 3.63) is 106 Å². The predicted octanol–water partition coefficient (Wildman–Crippen LogP) is 6.69. The summed E-state index contributed by atoms with van der Waals surface area (Å²) in [6.07, 6.45) is 0. The standard InChI is InChI=1S/C26H22ClNO3/c1-17-14-19(26(29)30)10-12-24(17)28-15-22-21-8-4-2-6-18(21)11-13-25(22)31-16-20-7-3-5-9-23(20)27/h2-14,28H,15-16H2,1H3,(H,29,30). The van der Waals surface area contributed by atoms with Crippen LogP contribution in [0.2, 0.25) is 5.02 Å². The van der Waals surface area contributed by atoms with E-state index in [9.17, 15) is 9.90 Å². The zero-order valence-electron chi connectivity index (χ0n) is 17.1. The average molecular weight is 432 g/mol. The van der Waals surface area contributed by atoms with E-state index in [1.54, 1.807) is 18.2 Å². The van der Waals surface area contributed by atoms with Gasteiger partial charge in [0.1, 0.15) is 12.4 Å². The zero-order valence-corrected chi connectivity index (χ0v) is 17.8. The van der Waals surface area contributed by atoms with Gasteiger partial charge >= 0.3 is 5.97 Å². The minimum atomic E-state index is -0.932. The molecule has 0 fully saturated rings. The van der Waals surface area contributed by atoms with Gasteiger partial charge in [0.05, 0.1) is 5.56 Å². The Hall–Kier alpha value is -3.50. The lowest BCUT2D eigenvalue weighted by Gasteiger charge is -2.17. The number of carbonyl (C=O) groups is 1. The van der Waals surface area contributed by atoms with Crippen molar-refractivity contribution in [3.63, 3.8) is 0 Å². The fourth-order valence-corrected chi connectivity index (χ4v) is 3.77. The zero-order chi connectivity index (χ0) is 21.8. The van der Waals surface area contributed by atoms with Crippen LogP contribution in [0.4, 0.5) is 5.69 Å². The van der Waals surface area contributed by atoms with Gasteiger partial charge in [0, 0.05) is 28.4 Å². The molecule has 0 heterocycles. The monoisotopic (exact) mass is 431 g/mol. The fraction of sp³-hybridized carbons (Fsp3) is 0.115. The largest absolute Gasteiger partial charge is 0.488 e. The molecular weight excluding hydrogens is 410 g/mol. The van der Waals surface area contributed by atoms with E-state index in [0.29, 0.717) is 18.2 Å². The van der Waals surface area contributed by atoms with Gasteiger partial charge < -0.3 is 15.2 Å². The molecule has 156 valence electrons. The molecule has 0 saturated heterocycles. The van der Waals surface area contributed by atoms with Crippen LogP contribution in [0, 0.1) is 6.92 Å². The Morgan fingerprint density at radius 2 is 1.77 bits per heavy atom. The van der Waals surface area contributed by atoms with Crippen molar-refractivity contribution in [2.75, 3.05) is 5.32 Å². The third kappa shape index (κ3) is 4.65. The normalized spacial score (nSPS) is 10.8. The van der Waals surface area contributed by atoms with E-state index in [1.807, 2.05) is 55.5 Å². The Balaban J connectivity index is 1.63. The number of fused-ring (bicyclic) bond motifs is 1. The van der Waals surface area contributed by atoms with Crippen molar-refractivity contribution < 1.29 is 14.6 Å². The molecule has 4 aromatic carbocycles. The Labute approximate surface area is 186 Å². The summed E-state index contributed by atoms with van der Waals surface area (Å²) < 4.78 is 6.18. The van der Waals surface area contributed by atoms with Crippen LogP contribution < -0.4 is 10.1 Å². The Kier molecular flexibility index (Phi) is 6.10. The fourth-order valence-electron chi connectivity index (χ4n) is 3.58. The van der Waals surface area contributed by atoms with Crippen molar-refractivity contribution in [2.24, 2.45) is 0 Å². The summed E-state index contributed by atoms with van der Waals surface area (Å²) in [6.45, 7) is 2.80. The van der Waals surface area contributed by atoms with E-state index in [0.717, 1.165) is 38.9 Å². The van der Waals surface area contributed by atoms with Crippen molar-refractivity contribution >= 4 is 34.0 Å². The van der Waals surface area contributed by atoms with E-state index < -0.39 is 5.97 Å². The molecule has 5 heteroatoms. The van der Waals surface area contributed by atoms with Gasteiger partial charge in [-0.05, 0) is 53.6 Å². The quantitative estimate of drug-likeness (QED) is 0.342. The molecule has 0 aliphatic rings. The summed E-state index contributed by atoms with van der Waals surface area (Å²) in [6, 6.07) is 24.9. The minimum absolute atomic E-state index is 0.275. The number of hydrogen-bond donors (Lipinski definition) is 2. The highest BCUT2D eigenvalue weighted by atomic mass is 35.5. The van der Waals surface area contributed by atoms with Crippen molar-refractivity contribution in [1.82, 2.24) is 0 Å². The number of hydrogen-bond acceptors (Lipinski definition) is 3. The smallest absolute Gasteiger partial charge is 0.335 e. The molecule has 31 heavy (non-hydrogen) atoms. The molecule has 0 radical (unpaired) electrons. The Morgan fingerprint density at radius 3 is 2.55 bits per heavy atom. The molecule has 2 N–H and O–H groups in total. The van der Waals surface area contributed by atoms with Crippen molar-refractivity contribution in [2.45, 2.75) is 20.1 Å². The highest BCUT2D eigenvalue weighted by Crippen LogP contribution is 2.31. The molecule has 0 atom stereocenters. The van der Waals surface area contributed by atoms with E-state index in [2.05, 4.69) is 17.4 Å². The van der Waals surface area contributed by atoms with Gasteiger partial charge in [0.2, 0.25) is 0 Å². The van der Waals surface area contributed by atoms with Crippen LogP contribution in [0.3, 0.4) is 0 Å². The molecule has 0 bridgehead atoms. The van der Waals surface area contributed by atoms with Crippen LogP contribution in [0.5, 0.6) is 5.75 Å². The number of rotatable bonds is 7. The number of aryl methyl sites for hydroxylation is 1. The lowest BCUT2D eigenvalue weighted by molar-refractivity contribution is 0.0697. The Bertz CT molecular complexity index is 1250. The van der Waals surface area contributed by atoms with Gasteiger partial charge in [-0.25, -0.2) is 4.79 Å². The number of nitrogens with one attached hydrogen (secondary N) is 1. The topological polar surface area (TPSA) is 58.6 Å². The third-order valence-corrected chi connectivity index (χ3v) is 5.64. The van der Waals surface area contributed by atoms with Gasteiger partial charge in [0.25, 0.3) is 0 Å². The van der Waals surface area contributed by atoms with Gasteiger partial charge in [-0.3, -0.25) is 0 Å². The van der Waals surface area contributed by atoms with Crippen molar-refractivity contribution in [1.29, 1.82) is 0 Å². The molecule has 0 saturated carbocycles. The van der Waals surface area contributed by atoms with Crippen molar-refractivity contribution in [3.8, 4) is 5.75 Å². The number of benzene rings is 4. The number of halogens is 1. The molecule has 0 unspecified atom stereocenters. The van der Waals surface area contributed by atoms with E-state index in [1.165, 1.54) is 0 Å². The van der Waals surface area contributed by atoms with Gasteiger partial charge in [-0.2, -0.15) is 0 Å². The van der Waals surface area contributed by atoms with Crippen LogP contribution in [-0.4, -0.2) is 11.1 Å². The highest BCUT2D eigenvalue weighted by molar-refractivity contribution is 6.31. The Morgan fingerprint density at radius 1 is 1.00 bits per heavy atom. The number of carboxylic acid groups (broad SMARTS) is 1. The first kappa shape index (κ1) is 20.8.